The normalized spacial score (nSPS) is 10.1. The summed E-state index contributed by atoms with van der Waals surface area (Å²) in [6.45, 7) is 1.15. The van der Waals surface area contributed by atoms with Gasteiger partial charge in [-0.25, -0.2) is 9.18 Å². The topological polar surface area (TPSA) is 68.3 Å². The zero-order chi connectivity index (χ0) is 16.1. The van der Waals surface area contributed by atoms with Gasteiger partial charge in [0.2, 0.25) is 0 Å². The molecule has 0 aliphatic carbocycles. The zero-order valence-electron chi connectivity index (χ0n) is 11.6. The van der Waals surface area contributed by atoms with E-state index in [1.165, 1.54) is 24.5 Å². The minimum absolute atomic E-state index is 0.226. The van der Waals surface area contributed by atoms with E-state index >= 15 is 0 Å². The lowest BCUT2D eigenvalue weighted by atomic mass is 10.2. The molecule has 1 N–H and O–H groups in total. The number of rotatable bonds is 4. The second-order valence-electron chi connectivity index (χ2n) is 4.48. The van der Waals surface area contributed by atoms with Gasteiger partial charge in [0.1, 0.15) is 5.82 Å². The van der Waals surface area contributed by atoms with Crippen molar-refractivity contribution in [2.45, 2.75) is 6.92 Å². The fourth-order valence-electron chi connectivity index (χ4n) is 1.61. The maximum Gasteiger partial charge on any atom is 0.340 e. The van der Waals surface area contributed by atoms with Crippen molar-refractivity contribution >= 4 is 33.5 Å². The van der Waals surface area contributed by atoms with Gasteiger partial charge in [-0.3, -0.25) is 9.78 Å². The highest BCUT2D eigenvalue weighted by molar-refractivity contribution is 9.10. The lowest BCUT2D eigenvalue weighted by molar-refractivity contribution is -0.119. The van der Waals surface area contributed by atoms with Crippen LogP contribution in [-0.2, 0) is 9.53 Å². The number of anilines is 1. The molecule has 0 aliphatic rings. The Hall–Kier alpha value is -2.28. The van der Waals surface area contributed by atoms with Crippen LogP contribution in [0.1, 0.15) is 15.9 Å². The highest BCUT2D eigenvalue weighted by Gasteiger charge is 2.11. The first-order chi connectivity index (χ1) is 10.5. The summed E-state index contributed by atoms with van der Waals surface area (Å²) in [6, 6.07) is 5.84. The Morgan fingerprint density at radius 2 is 2.09 bits per heavy atom. The first-order valence-electron chi connectivity index (χ1n) is 6.29. The average molecular weight is 367 g/mol. The number of ether oxygens (including phenoxy) is 1. The Kier molecular flexibility index (Phi) is 5.21. The number of halogens is 2. The van der Waals surface area contributed by atoms with Crippen LogP contribution in [0.5, 0.6) is 0 Å². The molecule has 0 aliphatic heterocycles. The summed E-state index contributed by atoms with van der Waals surface area (Å²) >= 11 is 3.18. The van der Waals surface area contributed by atoms with Crippen LogP contribution < -0.4 is 5.32 Å². The van der Waals surface area contributed by atoms with Crippen molar-refractivity contribution in [2.75, 3.05) is 11.9 Å². The molecule has 2 aromatic rings. The summed E-state index contributed by atoms with van der Waals surface area (Å²) in [4.78, 5) is 27.2. The van der Waals surface area contributed by atoms with E-state index in [0.29, 0.717) is 15.7 Å². The molecule has 1 aromatic carbocycles. The van der Waals surface area contributed by atoms with Crippen molar-refractivity contribution in [1.82, 2.24) is 4.98 Å². The average Bonchev–Trinajstić information content (AvgIpc) is 2.48. The van der Waals surface area contributed by atoms with Crippen LogP contribution in [0.3, 0.4) is 0 Å². The number of carbonyl (C=O) groups excluding carboxylic acids is 2. The van der Waals surface area contributed by atoms with Crippen LogP contribution in [0, 0.1) is 12.7 Å². The van der Waals surface area contributed by atoms with Crippen molar-refractivity contribution in [3.05, 3.63) is 58.1 Å². The summed E-state index contributed by atoms with van der Waals surface area (Å²) in [5.41, 5.74) is 1.00. The summed E-state index contributed by atoms with van der Waals surface area (Å²) in [5, 5.41) is 2.45. The zero-order valence-corrected chi connectivity index (χ0v) is 13.2. The van der Waals surface area contributed by atoms with Crippen molar-refractivity contribution in [1.29, 1.82) is 0 Å². The summed E-state index contributed by atoms with van der Waals surface area (Å²) in [5.74, 6) is -1.64. The predicted octanol–water partition coefficient (Wildman–Crippen LogP) is 3.09. The van der Waals surface area contributed by atoms with E-state index in [2.05, 4.69) is 26.2 Å². The van der Waals surface area contributed by atoms with Crippen molar-refractivity contribution < 1.29 is 18.7 Å². The summed E-state index contributed by atoms with van der Waals surface area (Å²) in [7, 11) is 0. The number of nitrogens with one attached hydrogen (secondary N) is 1. The molecular weight excluding hydrogens is 355 g/mol. The van der Waals surface area contributed by atoms with Gasteiger partial charge in [0.15, 0.2) is 6.61 Å². The van der Waals surface area contributed by atoms with Gasteiger partial charge in [-0.15, -0.1) is 0 Å². The van der Waals surface area contributed by atoms with Gasteiger partial charge in [-0.2, -0.15) is 0 Å². The van der Waals surface area contributed by atoms with Crippen LogP contribution in [0.25, 0.3) is 0 Å². The second kappa shape index (κ2) is 7.13. The number of aryl methyl sites for hydroxylation is 1. The molecule has 1 aromatic heterocycles. The maximum atomic E-state index is 13.4. The molecule has 0 saturated carbocycles. The third-order valence-corrected chi connectivity index (χ3v) is 3.16. The van der Waals surface area contributed by atoms with Crippen LogP contribution in [0.2, 0.25) is 0 Å². The molecule has 2 rings (SSSR count). The molecule has 0 atom stereocenters. The Morgan fingerprint density at radius 1 is 1.32 bits per heavy atom. The number of hydrogen-bond acceptors (Lipinski definition) is 4. The second-order valence-corrected chi connectivity index (χ2v) is 5.40. The standard InChI is InChI=1S/C15H12BrFN2O3/c1-9-2-3-12(5-13(9)17)19-14(20)8-22-15(21)10-4-11(16)7-18-6-10/h2-7H,8H2,1H3,(H,19,20). The highest BCUT2D eigenvalue weighted by Crippen LogP contribution is 2.14. The number of esters is 1. The molecule has 1 amide bonds. The molecule has 7 heteroatoms. The quantitative estimate of drug-likeness (QED) is 0.844. The smallest absolute Gasteiger partial charge is 0.340 e. The Balaban J connectivity index is 1.90. The number of hydrogen-bond donors (Lipinski definition) is 1. The number of nitrogens with zero attached hydrogens (tertiary/aromatic N) is 1. The van der Waals surface area contributed by atoms with Gasteiger partial charge in [-0.05, 0) is 46.6 Å². The Labute approximate surface area is 134 Å². The van der Waals surface area contributed by atoms with Gasteiger partial charge in [0, 0.05) is 22.6 Å². The molecule has 0 spiro atoms. The van der Waals surface area contributed by atoms with Gasteiger partial charge in [0.05, 0.1) is 5.56 Å². The first-order valence-corrected chi connectivity index (χ1v) is 7.08. The molecule has 22 heavy (non-hydrogen) atoms. The number of benzene rings is 1. The lowest BCUT2D eigenvalue weighted by Crippen LogP contribution is -2.21. The predicted molar refractivity (Wildman–Crippen MR) is 82.0 cm³/mol. The Bertz CT molecular complexity index is 722. The van der Waals surface area contributed by atoms with Crippen molar-refractivity contribution in [2.24, 2.45) is 0 Å². The summed E-state index contributed by atoms with van der Waals surface area (Å²) in [6.07, 6.45) is 2.86. The molecule has 0 radical (unpaired) electrons. The van der Waals surface area contributed by atoms with Gasteiger partial charge in [0.25, 0.3) is 5.91 Å². The molecule has 0 bridgehead atoms. The Morgan fingerprint density at radius 3 is 2.77 bits per heavy atom. The minimum atomic E-state index is -0.668. The van der Waals surface area contributed by atoms with Crippen LogP contribution in [-0.4, -0.2) is 23.5 Å². The fraction of sp³-hybridized carbons (Fsp3) is 0.133. The van der Waals surface area contributed by atoms with E-state index in [9.17, 15) is 14.0 Å². The molecule has 1 heterocycles. The van der Waals surface area contributed by atoms with E-state index in [4.69, 9.17) is 4.74 Å². The fourth-order valence-corrected chi connectivity index (χ4v) is 1.97. The van der Waals surface area contributed by atoms with Gasteiger partial charge < -0.3 is 10.1 Å². The van der Waals surface area contributed by atoms with Crippen LogP contribution in [0.4, 0.5) is 10.1 Å². The number of amides is 1. The van der Waals surface area contributed by atoms with E-state index in [1.807, 2.05) is 0 Å². The lowest BCUT2D eigenvalue weighted by Gasteiger charge is -2.07. The molecule has 0 unspecified atom stereocenters. The molecule has 5 nitrogen and oxygen atoms in total. The third kappa shape index (κ3) is 4.36. The molecule has 0 fully saturated rings. The first kappa shape index (κ1) is 16.1. The van der Waals surface area contributed by atoms with Crippen molar-refractivity contribution in [3.8, 4) is 0 Å². The minimum Gasteiger partial charge on any atom is -0.452 e. The highest BCUT2D eigenvalue weighted by atomic mass is 79.9. The molecular formula is C15H12BrFN2O3. The van der Waals surface area contributed by atoms with Gasteiger partial charge in [-0.1, -0.05) is 6.07 Å². The van der Waals surface area contributed by atoms with Gasteiger partial charge >= 0.3 is 5.97 Å². The van der Waals surface area contributed by atoms with Crippen LogP contribution >= 0.6 is 15.9 Å². The van der Waals surface area contributed by atoms with Crippen molar-refractivity contribution in [3.63, 3.8) is 0 Å². The third-order valence-electron chi connectivity index (χ3n) is 2.73. The van der Waals surface area contributed by atoms with E-state index in [0.717, 1.165) is 0 Å². The monoisotopic (exact) mass is 366 g/mol. The number of carbonyl (C=O) groups is 2. The molecule has 0 saturated heterocycles. The SMILES string of the molecule is Cc1ccc(NC(=O)COC(=O)c2cncc(Br)c2)cc1F. The van der Waals surface area contributed by atoms with E-state index in [1.54, 1.807) is 19.1 Å². The number of pyridine rings is 1. The van der Waals surface area contributed by atoms with Crippen LogP contribution in [0.15, 0.2) is 41.1 Å². The largest absolute Gasteiger partial charge is 0.452 e. The van der Waals surface area contributed by atoms with E-state index < -0.39 is 24.3 Å². The maximum absolute atomic E-state index is 13.4. The van der Waals surface area contributed by atoms with E-state index in [-0.39, 0.29) is 5.56 Å². The summed E-state index contributed by atoms with van der Waals surface area (Å²) < 4.78 is 18.8. The molecule has 114 valence electrons. The number of aromatic nitrogens is 1.